The average molecular weight is 224 g/mol. The Labute approximate surface area is 98.6 Å². The lowest BCUT2D eigenvalue weighted by Gasteiger charge is -2.37. The second-order valence-corrected chi connectivity index (χ2v) is 5.96. The third kappa shape index (κ3) is 2.10. The molecule has 0 bridgehead atoms. The molecule has 2 aliphatic heterocycles. The van der Waals surface area contributed by atoms with Gasteiger partial charge in [-0.3, -0.25) is 4.79 Å². The number of amides is 1. The molecule has 0 aliphatic carbocycles. The van der Waals surface area contributed by atoms with Crippen LogP contribution < -0.4 is 5.32 Å². The summed E-state index contributed by atoms with van der Waals surface area (Å²) in [4.78, 5) is 14.7. The van der Waals surface area contributed by atoms with Crippen LogP contribution in [-0.2, 0) is 4.79 Å². The molecular weight excluding hydrogens is 200 g/mol. The molecule has 1 amide bonds. The van der Waals surface area contributed by atoms with E-state index in [2.05, 4.69) is 31.0 Å². The number of hydrogen-bond acceptors (Lipinski definition) is 2. The molecule has 2 rings (SSSR count). The zero-order valence-electron chi connectivity index (χ0n) is 10.8. The van der Waals surface area contributed by atoms with E-state index < -0.39 is 0 Å². The highest BCUT2D eigenvalue weighted by atomic mass is 16.2. The summed E-state index contributed by atoms with van der Waals surface area (Å²) in [6.45, 7) is 9.51. The number of rotatable bonds is 1. The van der Waals surface area contributed by atoms with Crippen LogP contribution in [0.2, 0.25) is 0 Å². The molecule has 2 saturated heterocycles. The Morgan fingerprint density at radius 3 is 2.44 bits per heavy atom. The van der Waals surface area contributed by atoms with Crippen LogP contribution in [0.3, 0.4) is 0 Å². The Bertz CT molecular complexity index is 271. The maximum Gasteiger partial charge on any atom is 0.228 e. The molecule has 2 heterocycles. The number of likely N-dealkylation sites (tertiary alicyclic amines) is 1. The fraction of sp³-hybridized carbons (Fsp3) is 0.923. The van der Waals surface area contributed by atoms with Crippen molar-refractivity contribution in [2.45, 2.75) is 46.1 Å². The molecule has 2 aliphatic rings. The Balaban J connectivity index is 2.06. The number of carbonyl (C=O) groups is 1. The van der Waals surface area contributed by atoms with Crippen LogP contribution in [0.15, 0.2) is 0 Å². The minimum atomic E-state index is -0.108. The average Bonchev–Trinajstić information content (AvgIpc) is 2.58. The molecule has 2 fully saturated rings. The van der Waals surface area contributed by atoms with E-state index in [1.54, 1.807) is 0 Å². The van der Waals surface area contributed by atoms with Gasteiger partial charge in [0.25, 0.3) is 0 Å². The first kappa shape index (κ1) is 11.9. The molecule has 92 valence electrons. The molecule has 2 atom stereocenters. The molecule has 0 saturated carbocycles. The lowest BCUT2D eigenvalue weighted by atomic mass is 9.79. The molecule has 0 aromatic rings. The molecular formula is C13H24N2O. The second kappa shape index (κ2) is 4.36. The monoisotopic (exact) mass is 224 g/mol. The molecule has 0 radical (unpaired) electrons. The summed E-state index contributed by atoms with van der Waals surface area (Å²) in [6.07, 6.45) is 3.15. The minimum Gasteiger partial charge on any atom is -0.339 e. The predicted molar refractivity (Wildman–Crippen MR) is 65.2 cm³/mol. The van der Waals surface area contributed by atoms with Crippen molar-refractivity contribution < 1.29 is 4.79 Å². The minimum absolute atomic E-state index is 0.108. The van der Waals surface area contributed by atoms with Crippen molar-refractivity contribution in [3.05, 3.63) is 0 Å². The van der Waals surface area contributed by atoms with Crippen molar-refractivity contribution in [2.24, 2.45) is 11.3 Å². The SMILES string of the molecule is CC1CC(C)N(C(=O)C2(C)CCNCC2)C1. The van der Waals surface area contributed by atoms with E-state index in [9.17, 15) is 4.79 Å². The number of carbonyl (C=O) groups excluding carboxylic acids is 1. The summed E-state index contributed by atoms with van der Waals surface area (Å²) >= 11 is 0. The van der Waals surface area contributed by atoms with Gasteiger partial charge < -0.3 is 10.2 Å². The lowest BCUT2D eigenvalue weighted by Crippen LogP contribution is -2.48. The van der Waals surface area contributed by atoms with Gasteiger partial charge in [-0.2, -0.15) is 0 Å². The van der Waals surface area contributed by atoms with Gasteiger partial charge >= 0.3 is 0 Å². The van der Waals surface area contributed by atoms with Crippen molar-refractivity contribution in [3.8, 4) is 0 Å². The highest BCUT2D eigenvalue weighted by molar-refractivity contribution is 5.83. The van der Waals surface area contributed by atoms with Crippen LogP contribution in [0.25, 0.3) is 0 Å². The van der Waals surface area contributed by atoms with Gasteiger partial charge in [-0.05, 0) is 45.2 Å². The first-order valence-electron chi connectivity index (χ1n) is 6.55. The van der Waals surface area contributed by atoms with Gasteiger partial charge in [-0.25, -0.2) is 0 Å². The van der Waals surface area contributed by atoms with Crippen LogP contribution in [0, 0.1) is 11.3 Å². The van der Waals surface area contributed by atoms with Crippen LogP contribution in [0.4, 0.5) is 0 Å². The summed E-state index contributed by atoms with van der Waals surface area (Å²) in [5.41, 5.74) is -0.108. The summed E-state index contributed by atoms with van der Waals surface area (Å²) in [5, 5.41) is 3.33. The maximum absolute atomic E-state index is 12.6. The Morgan fingerprint density at radius 2 is 1.94 bits per heavy atom. The quantitative estimate of drug-likeness (QED) is 0.734. The van der Waals surface area contributed by atoms with E-state index in [0.29, 0.717) is 17.9 Å². The highest BCUT2D eigenvalue weighted by Gasteiger charge is 2.41. The second-order valence-electron chi connectivity index (χ2n) is 5.96. The fourth-order valence-corrected chi connectivity index (χ4v) is 3.12. The van der Waals surface area contributed by atoms with E-state index >= 15 is 0 Å². The number of nitrogens with zero attached hydrogens (tertiary/aromatic N) is 1. The van der Waals surface area contributed by atoms with Crippen LogP contribution >= 0.6 is 0 Å². The van der Waals surface area contributed by atoms with Gasteiger partial charge in [0.15, 0.2) is 0 Å². The summed E-state index contributed by atoms with van der Waals surface area (Å²) in [6, 6.07) is 0.439. The number of piperidine rings is 1. The number of hydrogen-bond donors (Lipinski definition) is 1. The smallest absolute Gasteiger partial charge is 0.228 e. The topological polar surface area (TPSA) is 32.3 Å². The highest BCUT2D eigenvalue weighted by Crippen LogP contribution is 2.34. The van der Waals surface area contributed by atoms with Gasteiger partial charge in [0, 0.05) is 18.0 Å². The summed E-state index contributed by atoms with van der Waals surface area (Å²) in [7, 11) is 0. The van der Waals surface area contributed by atoms with Crippen molar-refractivity contribution >= 4 is 5.91 Å². The third-order valence-electron chi connectivity index (χ3n) is 4.27. The fourth-order valence-electron chi connectivity index (χ4n) is 3.12. The van der Waals surface area contributed by atoms with Crippen molar-refractivity contribution in [1.82, 2.24) is 10.2 Å². The lowest BCUT2D eigenvalue weighted by molar-refractivity contribution is -0.143. The van der Waals surface area contributed by atoms with E-state index in [-0.39, 0.29) is 5.41 Å². The Kier molecular flexibility index (Phi) is 3.24. The van der Waals surface area contributed by atoms with Crippen molar-refractivity contribution in [1.29, 1.82) is 0 Å². The molecule has 3 nitrogen and oxygen atoms in total. The van der Waals surface area contributed by atoms with Crippen LogP contribution in [0.5, 0.6) is 0 Å². The van der Waals surface area contributed by atoms with Crippen molar-refractivity contribution in [2.75, 3.05) is 19.6 Å². The van der Waals surface area contributed by atoms with E-state index in [0.717, 1.165) is 32.5 Å². The maximum atomic E-state index is 12.6. The van der Waals surface area contributed by atoms with Crippen LogP contribution in [0.1, 0.15) is 40.0 Å². The predicted octanol–water partition coefficient (Wildman–Crippen LogP) is 1.63. The Morgan fingerprint density at radius 1 is 1.31 bits per heavy atom. The zero-order chi connectivity index (χ0) is 11.8. The molecule has 3 heteroatoms. The van der Waals surface area contributed by atoms with E-state index in [4.69, 9.17) is 0 Å². The summed E-state index contributed by atoms with van der Waals surface area (Å²) < 4.78 is 0. The van der Waals surface area contributed by atoms with E-state index in [1.807, 2.05) is 0 Å². The number of nitrogens with one attached hydrogen (secondary N) is 1. The summed E-state index contributed by atoms with van der Waals surface area (Å²) in [5.74, 6) is 1.06. The molecule has 0 aromatic carbocycles. The molecule has 0 aromatic heterocycles. The van der Waals surface area contributed by atoms with Gasteiger partial charge in [0.05, 0.1) is 0 Å². The zero-order valence-corrected chi connectivity index (χ0v) is 10.8. The third-order valence-corrected chi connectivity index (χ3v) is 4.27. The van der Waals surface area contributed by atoms with Crippen molar-refractivity contribution in [3.63, 3.8) is 0 Å². The van der Waals surface area contributed by atoms with Crippen LogP contribution in [-0.4, -0.2) is 36.5 Å². The van der Waals surface area contributed by atoms with Gasteiger partial charge in [0.1, 0.15) is 0 Å². The Hall–Kier alpha value is -0.570. The van der Waals surface area contributed by atoms with Gasteiger partial charge in [-0.1, -0.05) is 13.8 Å². The largest absolute Gasteiger partial charge is 0.339 e. The molecule has 16 heavy (non-hydrogen) atoms. The first-order valence-corrected chi connectivity index (χ1v) is 6.55. The molecule has 1 N–H and O–H groups in total. The molecule has 0 spiro atoms. The van der Waals surface area contributed by atoms with Gasteiger partial charge in [0.2, 0.25) is 5.91 Å². The first-order chi connectivity index (χ1) is 7.53. The molecule has 2 unspecified atom stereocenters. The normalized spacial score (nSPS) is 34.1. The standard InChI is InChI=1S/C13H24N2O/c1-10-8-11(2)15(9-10)12(16)13(3)4-6-14-7-5-13/h10-11,14H,4-9H2,1-3H3. The van der Waals surface area contributed by atoms with Gasteiger partial charge in [-0.15, -0.1) is 0 Å². The van der Waals surface area contributed by atoms with E-state index in [1.165, 1.54) is 6.42 Å².